The number of hydrogen-bond acceptors (Lipinski definition) is 5. The predicted octanol–water partition coefficient (Wildman–Crippen LogP) is 3.89. The molecular weight excluding hydrogens is 444 g/mol. The number of carbonyl (C=O) groups is 3. The summed E-state index contributed by atoms with van der Waals surface area (Å²) in [7, 11) is 1.26. The number of aryl methyl sites for hydroxylation is 1. The molecule has 2 heterocycles. The van der Waals surface area contributed by atoms with Gasteiger partial charge < -0.3 is 10.1 Å². The topological polar surface area (TPSA) is 93.5 Å². The van der Waals surface area contributed by atoms with Gasteiger partial charge in [0.25, 0.3) is 5.91 Å². The first-order valence-corrected chi connectivity index (χ1v) is 11.7. The monoisotopic (exact) mass is 472 g/mol. The lowest BCUT2D eigenvalue weighted by Crippen LogP contribution is -2.65. The van der Waals surface area contributed by atoms with Crippen LogP contribution in [0.2, 0.25) is 5.02 Å². The Morgan fingerprint density at radius 1 is 1.18 bits per heavy atom. The van der Waals surface area contributed by atoms with Crippen molar-refractivity contribution in [2.45, 2.75) is 70.5 Å². The number of rotatable bonds is 4. The van der Waals surface area contributed by atoms with Crippen LogP contribution in [0, 0.1) is 6.92 Å². The smallest absolute Gasteiger partial charge is 0.358 e. The molecule has 2 aromatic rings. The number of halogens is 1. The third kappa shape index (κ3) is 4.36. The fourth-order valence-corrected chi connectivity index (χ4v) is 5.02. The molecule has 8 nitrogen and oxygen atoms in total. The van der Waals surface area contributed by atoms with Crippen LogP contribution in [0.15, 0.2) is 24.3 Å². The summed E-state index contributed by atoms with van der Waals surface area (Å²) in [6.07, 6.45) is 6.35. The average molecular weight is 473 g/mol. The summed E-state index contributed by atoms with van der Waals surface area (Å²) >= 11 is 6.16. The van der Waals surface area contributed by atoms with Crippen LogP contribution in [0.5, 0.6) is 0 Å². The highest BCUT2D eigenvalue weighted by Crippen LogP contribution is 2.36. The lowest BCUT2D eigenvalue weighted by atomic mass is 9.92. The van der Waals surface area contributed by atoms with Crippen molar-refractivity contribution < 1.29 is 19.1 Å². The molecule has 1 saturated carbocycles. The van der Waals surface area contributed by atoms with E-state index in [1.54, 1.807) is 25.1 Å². The van der Waals surface area contributed by atoms with Crippen molar-refractivity contribution >= 4 is 35.1 Å². The molecule has 0 radical (unpaired) electrons. The van der Waals surface area contributed by atoms with Crippen LogP contribution >= 0.6 is 11.6 Å². The maximum atomic E-state index is 13.8. The molecule has 1 fully saturated rings. The SMILES string of the molecule is COC(=O)c1cc2n(n1)C[C@](C)(C(=O)NC1CCCCCC1)N(c1ccc(Cl)cc1C)C2=O. The van der Waals surface area contributed by atoms with Gasteiger partial charge in [-0.1, -0.05) is 37.3 Å². The molecule has 1 aliphatic heterocycles. The van der Waals surface area contributed by atoms with Gasteiger partial charge >= 0.3 is 5.97 Å². The van der Waals surface area contributed by atoms with Crippen LogP contribution in [-0.2, 0) is 16.1 Å². The first-order valence-electron chi connectivity index (χ1n) is 11.3. The maximum absolute atomic E-state index is 13.8. The number of ether oxygens (including phenoxy) is 1. The van der Waals surface area contributed by atoms with Gasteiger partial charge in [0.2, 0.25) is 5.91 Å². The van der Waals surface area contributed by atoms with Crippen LogP contribution in [0.3, 0.4) is 0 Å². The van der Waals surface area contributed by atoms with E-state index in [0.717, 1.165) is 31.2 Å². The number of nitrogens with one attached hydrogen (secondary N) is 1. The van der Waals surface area contributed by atoms with Crippen LogP contribution < -0.4 is 10.2 Å². The normalized spacial score (nSPS) is 21.3. The summed E-state index contributed by atoms with van der Waals surface area (Å²) in [6.45, 7) is 3.70. The number of aromatic nitrogens is 2. The van der Waals surface area contributed by atoms with E-state index in [0.29, 0.717) is 10.7 Å². The molecule has 2 amide bonds. The van der Waals surface area contributed by atoms with E-state index in [1.807, 2.05) is 6.92 Å². The van der Waals surface area contributed by atoms with E-state index in [9.17, 15) is 14.4 Å². The fourth-order valence-electron chi connectivity index (χ4n) is 4.80. The highest BCUT2D eigenvalue weighted by molar-refractivity contribution is 6.30. The maximum Gasteiger partial charge on any atom is 0.358 e. The summed E-state index contributed by atoms with van der Waals surface area (Å²) in [5.41, 5.74) is 0.362. The second kappa shape index (κ2) is 9.17. The van der Waals surface area contributed by atoms with Crippen LogP contribution in [0.4, 0.5) is 5.69 Å². The molecule has 0 bridgehead atoms. The van der Waals surface area contributed by atoms with E-state index >= 15 is 0 Å². The minimum atomic E-state index is -1.26. The number of amides is 2. The second-order valence-corrected chi connectivity index (χ2v) is 9.51. The van der Waals surface area contributed by atoms with Crippen molar-refractivity contribution in [3.05, 3.63) is 46.2 Å². The van der Waals surface area contributed by atoms with Gasteiger partial charge in [-0.25, -0.2) is 4.79 Å². The fraction of sp³-hybridized carbons (Fsp3) is 0.500. The zero-order chi connectivity index (χ0) is 23.8. The predicted molar refractivity (Wildman–Crippen MR) is 125 cm³/mol. The van der Waals surface area contributed by atoms with Gasteiger partial charge in [0.05, 0.1) is 13.7 Å². The lowest BCUT2D eigenvalue weighted by Gasteiger charge is -2.44. The summed E-state index contributed by atoms with van der Waals surface area (Å²) in [4.78, 5) is 41.1. The van der Waals surface area contributed by atoms with Crippen molar-refractivity contribution in [3.8, 4) is 0 Å². The van der Waals surface area contributed by atoms with E-state index in [2.05, 4.69) is 10.4 Å². The summed E-state index contributed by atoms with van der Waals surface area (Å²) in [6, 6.07) is 6.70. The highest BCUT2D eigenvalue weighted by atomic mass is 35.5. The van der Waals surface area contributed by atoms with Gasteiger partial charge in [0.1, 0.15) is 11.2 Å². The van der Waals surface area contributed by atoms with Gasteiger partial charge in [-0.05, 0) is 50.5 Å². The third-order valence-electron chi connectivity index (χ3n) is 6.63. The van der Waals surface area contributed by atoms with Crippen LogP contribution in [0.25, 0.3) is 0 Å². The Labute approximate surface area is 198 Å². The number of fused-ring (bicyclic) bond motifs is 1. The Morgan fingerprint density at radius 3 is 2.52 bits per heavy atom. The number of carbonyl (C=O) groups excluding carboxylic acids is 3. The van der Waals surface area contributed by atoms with Crippen molar-refractivity contribution in [1.82, 2.24) is 15.1 Å². The lowest BCUT2D eigenvalue weighted by molar-refractivity contribution is -0.127. The van der Waals surface area contributed by atoms with Gasteiger partial charge in [0.15, 0.2) is 5.69 Å². The van der Waals surface area contributed by atoms with Gasteiger partial charge in [0, 0.05) is 22.8 Å². The summed E-state index contributed by atoms with van der Waals surface area (Å²) < 4.78 is 6.20. The highest BCUT2D eigenvalue weighted by Gasteiger charge is 2.50. The number of esters is 1. The minimum Gasteiger partial charge on any atom is -0.464 e. The van der Waals surface area contributed by atoms with E-state index in [-0.39, 0.29) is 29.9 Å². The van der Waals surface area contributed by atoms with E-state index in [4.69, 9.17) is 16.3 Å². The molecule has 0 unspecified atom stereocenters. The Hall–Kier alpha value is -2.87. The van der Waals surface area contributed by atoms with Crippen LogP contribution in [-0.4, -0.2) is 46.3 Å². The molecule has 176 valence electrons. The number of hydrogen-bond donors (Lipinski definition) is 1. The van der Waals surface area contributed by atoms with Crippen molar-refractivity contribution in [3.63, 3.8) is 0 Å². The molecule has 4 rings (SSSR count). The van der Waals surface area contributed by atoms with Crippen molar-refractivity contribution in [1.29, 1.82) is 0 Å². The average Bonchev–Trinajstić information content (AvgIpc) is 3.03. The second-order valence-electron chi connectivity index (χ2n) is 9.07. The van der Waals surface area contributed by atoms with Gasteiger partial charge in [-0.3, -0.25) is 19.2 Å². The number of nitrogens with zero attached hydrogens (tertiary/aromatic N) is 3. The quantitative estimate of drug-likeness (QED) is 0.538. The Morgan fingerprint density at radius 2 is 1.88 bits per heavy atom. The summed E-state index contributed by atoms with van der Waals surface area (Å²) in [5.74, 6) is -1.28. The molecule has 9 heteroatoms. The molecule has 0 saturated heterocycles. The van der Waals surface area contributed by atoms with Crippen LogP contribution in [0.1, 0.15) is 72.0 Å². The zero-order valence-corrected chi connectivity index (χ0v) is 19.9. The summed E-state index contributed by atoms with van der Waals surface area (Å²) in [5, 5.41) is 8.01. The number of methoxy groups -OCH3 is 1. The zero-order valence-electron chi connectivity index (χ0n) is 19.2. The van der Waals surface area contributed by atoms with E-state index < -0.39 is 17.4 Å². The van der Waals surface area contributed by atoms with Gasteiger partial charge in [-0.2, -0.15) is 5.10 Å². The first-order chi connectivity index (χ1) is 15.7. The third-order valence-corrected chi connectivity index (χ3v) is 6.86. The van der Waals surface area contributed by atoms with Gasteiger partial charge in [-0.15, -0.1) is 0 Å². The molecule has 1 aromatic heterocycles. The first kappa shape index (κ1) is 23.3. The molecule has 2 aliphatic rings. The molecule has 1 aromatic carbocycles. The number of benzene rings is 1. The molecule has 1 aliphatic carbocycles. The molecule has 1 N–H and O–H groups in total. The van der Waals surface area contributed by atoms with Crippen molar-refractivity contribution in [2.75, 3.05) is 12.0 Å². The molecular formula is C24H29ClN4O4. The molecule has 33 heavy (non-hydrogen) atoms. The van der Waals surface area contributed by atoms with Crippen molar-refractivity contribution in [2.24, 2.45) is 0 Å². The Bertz CT molecular complexity index is 1090. The molecule has 0 spiro atoms. The largest absolute Gasteiger partial charge is 0.464 e. The Kier molecular flexibility index (Phi) is 6.47. The number of anilines is 1. The molecule has 1 atom stereocenters. The minimum absolute atomic E-state index is 0.0297. The standard InChI is InChI=1S/C24H29ClN4O4/c1-15-12-16(25)10-11-19(15)29-21(30)20-13-18(22(31)33-3)27-28(20)14-24(29,2)23(32)26-17-8-6-4-5-7-9-17/h10-13,17H,4-9,14H2,1-3H3,(H,26,32)/t24-/m1/s1. The Balaban J connectivity index is 1.77. The van der Waals surface area contributed by atoms with E-state index in [1.165, 1.54) is 35.6 Å².